The summed E-state index contributed by atoms with van der Waals surface area (Å²) in [6.07, 6.45) is -4.70. The molecule has 1 fully saturated rings. The fourth-order valence-corrected chi connectivity index (χ4v) is 0.897. The molecule has 5 N–H and O–H groups in total. The van der Waals surface area contributed by atoms with Crippen molar-refractivity contribution in [1.82, 2.24) is 5.32 Å². The molecule has 10 heavy (non-hydrogen) atoms. The van der Waals surface area contributed by atoms with Gasteiger partial charge in [-0.05, 0) is 0 Å². The van der Waals surface area contributed by atoms with E-state index in [2.05, 4.69) is 5.32 Å². The van der Waals surface area contributed by atoms with Crippen LogP contribution in [0, 0.1) is 0 Å². The van der Waals surface area contributed by atoms with Crippen LogP contribution in [0.4, 0.5) is 0 Å². The molecule has 0 aromatic carbocycles. The van der Waals surface area contributed by atoms with Gasteiger partial charge in [0.05, 0.1) is 6.10 Å². The van der Waals surface area contributed by atoms with Crippen molar-refractivity contribution in [3.8, 4) is 0 Å². The van der Waals surface area contributed by atoms with E-state index in [1.807, 2.05) is 0 Å². The zero-order valence-electron chi connectivity index (χ0n) is 5.31. The third kappa shape index (κ3) is 1.28. The van der Waals surface area contributed by atoms with Crippen molar-refractivity contribution < 1.29 is 20.4 Å². The van der Waals surface area contributed by atoms with Crippen molar-refractivity contribution in [3.63, 3.8) is 0 Å². The van der Waals surface area contributed by atoms with Crippen molar-refractivity contribution in [2.75, 3.05) is 6.54 Å². The molecule has 0 aromatic heterocycles. The average molecular weight is 149 g/mol. The van der Waals surface area contributed by atoms with Gasteiger partial charge in [-0.3, -0.25) is 5.32 Å². The predicted octanol–water partition coefficient (Wildman–Crippen LogP) is -3.01. The fourth-order valence-electron chi connectivity index (χ4n) is 0.897. The summed E-state index contributed by atoms with van der Waals surface area (Å²) in [7, 11) is 0. The Kier molecular flexibility index (Phi) is 2.22. The van der Waals surface area contributed by atoms with Gasteiger partial charge in [0.2, 0.25) is 0 Å². The normalized spacial score (nSPS) is 49.2. The molecule has 0 spiro atoms. The van der Waals surface area contributed by atoms with Crippen LogP contribution in [-0.4, -0.2) is 51.5 Å². The van der Waals surface area contributed by atoms with Crippen LogP contribution >= 0.6 is 0 Å². The second kappa shape index (κ2) is 2.81. The highest BCUT2D eigenvalue weighted by atomic mass is 16.4. The zero-order valence-corrected chi connectivity index (χ0v) is 5.31. The summed E-state index contributed by atoms with van der Waals surface area (Å²) in [4.78, 5) is 0. The fraction of sp³-hybridized carbons (Fsp3) is 1.00. The standard InChI is InChI=1S/C5H11NO4/c7-2-1-6-5(10)4(9)3(2)8/h2-10H,1H2. The molecule has 60 valence electrons. The molecule has 0 aromatic rings. The predicted molar refractivity (Wildman–Crippen MR) is 32.0 cm³/mol. The van der Waals surface area contributed by atoms with E-state index in [1.54, 1.807) is 0 Å². The summed E-state index contributed by atoms with van der Waals surface area (Å²) in [6, 6.07) is 0. The molecule has 0 bridgehead atoms. The molecule has 0 amide bonds. The molecular formula is C5H11NO4. The maximum Gasteiger partial charge on any atom is 0.133 e. The summed E-state index contributed by atoms with van der Waals surface area (Å²) in [5, 5.41) is 37.9. The minimum Gasteiger partial charge on any atom is -0.389 e. The Balaban J connectivity index is 2.52. The summed E-state index contributed by atoms with van der Waals surface area (Å²) >= 11 is 0. The van der Waals surface area contributed by atoms with Crippen LogP contribution in [0.1, 0.15) is 0 Å². The molecule has 1 saturated heterocycles. The molecule has 0 saturated carbocycles. The van der Waals surface area contributed by atoms with E-state index >= 15 is 0 Å². The highest BCUT2D eigenvalue weighted by Gasteiger charge is 2.34. The maximum absolute atomic E-state index is 8.92. The van der Waals surface area contributed by atoms with Gasteiger partial charge in [0.25, 0.3) is 0 Å². The van der Waals surface area contributed by atoms with Crippen LogP contribution in [0.5, 0.6) is 0 Å². The molecule has 0 radical (unpaired) electrons. The molecule has 1 aliphatic heterocycles. The first-order valence-electron chi connectivity index (χ1n) is 3.08. The van der Waals surface area contributed by atoms with Gasteiger partial charge in [-0.15, -0.1) is 0 Å². The number of β-amino-alcohol motifs (C(OH)–C–C–N with tert-alkyl or cyclic N) is 1. The monoisotopic (exact) mass is 149 g/mol. The third-order valence-corrected chi connectivity index (χ3v) is 1.60. The van der Waals surface area contributed by atoms with E-state index in [1.165, 1.54) is 0 Å². The number of rotatable bonds is 0. The molecule has 1 rings (SSSR count). The first-order valence-corrected chi connectivity index (χ1v) is 3.08. The van der Waals surface area contributed by atoms with Gasteiger partial charge >= 0.3 is 0 Å². The quantitative estimate of drug-likeness (QED) is 0.253. The van der Waals surface area contributed by atoms with Crippen LogP contribution in [0.3, 0.4) is 0 Å². The van der Waals surface area contributed by atoms with E-state index in [0.717, 1.165) is 0 Å². The number of hydrogen-bond donors (Lipinski definition) is 5. The van der Waals surface area contributed by atoms with E-state index in [-0.39, 0.29) is 6.54 Å². The number of piperidine rings is 1. The summed E-state index contributed by atoms with van der Waals surface area (Å²) < 4.78 is 0. The van der Waals surface area contributed by atoms with E-state index in [4.69, 9.17) is 20.4 Å². The van der Waals surface area contributed by atoms with Crippen molar-refractivity contribution in [2.45, 2.75) is 24.5 Å². The highest BCUT2D eigenvalue weighted by molar-refractivity contribution is 4.86. The van der Waals surface area contributed by atoms with Crippen LogP contribution in [0.15, 0.2) is 0 Å². The second-order valence-electron chi connectivity index (χ2n) is 2.40. The van der Waals surface area contributed by atoms with Crippen molar-refractivity contribution in [1.29, 1.82) is 0 Å². The van der Waals surface area contributed by atoms with Crippen LogP contribution in [0.25, 0.3) is 0 Å². The number of nitrogens with one attached hydrogen (secondary N) is 1. The smallest absolute Gasteiger partial charge is 0.133 e. The molecule has 0 aliphatic carbocycles. The second-order valence-corrected chi connectivity index (χ2v) is 2.40. The molecule has 1 aliphatic rings. The number of aliphatic hydroxyl groups is 4. The summed E-state index contributed by atoms with van der Waals surface area (Å²) in [6.45, 7) is 0.0966. The van der Waals surface area contributed by atoms with Crippen LogP contribution in [-0.2, 0) is 0 Å². The van der Waals surface area contributed by atoms with Crippen LogP contribution < -0.4 is 5.32 Å². The van der Waals surface area contributed by atoms with Gasteiger partial charge in [-0.1, -0.05) is 0 Å². The van der Waals surface area contributed by atoms with Crippen LogP contribution in [0.2, 0.25) is 0 Å². The lowest BCUT2D eigenvalue weighted by molar-refractivity contribution is -0.139. The molecule has 5 heteroatoms. The van der Waals surface area contributed by atoms with E-state index in [0.29, 0.717) is 0 Å². The van der Waals surface area contributed by atoms with Gasteiger partial charge in [0.1, 0.15) is 18.4 Å². The lowest BCUT2D eigenvalue weighted by Crippen LogP contribution is -2.59. The Labute approximate surface area is 57.9 Å². The lowest BCUT2D eigenvalue weighted by atomic mass is 10.0. The number of aliphatic hydroxyl groups excluding tert-OH is 4. The SMILES string of the molecule is OC1CNC(O)C(O)C1O. The van der Waals surface area contributed by atoms with Crippen molar-refractivity contribution >= 4 is 0 Å². The first kappa shape index (κ1) is 7.90. The molecular weight excluding hydrogens is 138 g/mol. The third-order valence-electron chi connectivity index (χ3n) is 1.60. The van der Waals surface area contributed by atoms with Crippen molar-refractivity contribution in [2.24, 2.45) is 0 Å². The minimum atomic E-state index is -1.30. The minimum absolute atomic E-state index is 0.0966. The van der Waals surface area contributed by atoms with Crippen molar-refractivity contribution in [3.05, 3.63) is 0 Å². The van der Waals surface area contributed by atoms with Gasteiger partial charge in [0, 0.05) is 6.54 Å². The Hall–Kier alpha value is -0.200. The average Bonchev–Trinajstić information content (AvgIpc) is 1.93. The van der Waals surface area contributed by atoms with E-state index in [9.17, 15) is 0 Å². The zero-order chi connectivity index (χ0) is 7.72. The first-order chi connectivity index (χ1) is 4.63. The highest BCUT2D eigenvalue weighted by Crippen LogP contribution is 2.07. The van der Waals surface area contributed by atoms with Gasteiger partial charge < -0.3 is 20.4 Å². The van der Waals surface area contributed by atoms with E-state index < -0.39 is 24.5 Å². The molecule has 4 unspecified atom stereocenters. The Morgan fingerprint density at radius 2 is 1.60 bits per heavy atom. The van der Waals surface area contributed by atoms with Gasteiger partial charge in [-0.2, -0.15) is 0 Å². The molecule has 1 heterocycles. The Bertz CT molecular complexity index is 106. The Morgan fingerprint density at radius 1 is 1.00 bits per heavy atom. The number of hydrogen-bond acceptors (Lipinski definition) is 5. The lowest BCUT2D eigenvalue weighted by Gasteiger charge is -2.32. The maximum atomic E-state index is 8.92. The topological polar surface area (TPSA) is 93.0 Å². The summed E-state index contributed by atoms with van der Waals surface area (Å²) in [5.74, 6) is 0. The molecule has 4 atom stereocenters. The summed E-state index contributed by atoms with van der Waals surface area (Å²) in [5.41, 5.74) is 0. The Morgan fingerprint density at radius 3 is 2.10 bits per heavy atom. The van der Waals surface area contributed by atoms with Gasteiger partial charge in [-0.25, -0.2) is 0 Å². The van der Waals surface area contributed by atoms with Gasteiger partial charge in [0.15, 0.2) is 0 Å². The molecule has 5 nitrogen and oxygen atoms in total. The largest absolute Gasteiger partial charge is 0.389 e.